The number of carbonyl (C=O) groups excluding carboxylic acids is 2. The second-order valence-corrected chi connectivity index (χ2v) is 7.34. The number of aliphatic hydroxyl groups is 1. The Morgan fingerprint density at radius 3 is 2.31 bits per heavy atom. The van der Waals surface area contributed by atoms with Gasteiger partial charge in [-0.3, -0.25) is 10.1 Å². The number of rotatable bonds is 8. The van der Waals surface area contributed by atoms with Crippen molar-refractivity contribution in [1.82, 2.24) is 10.6 Å². The minimum Gasteiger partial charge on any atom is -0.497 e. The highest BCUT2D eigenvalue weighted by Crippen LogP contribution is 2.31. The number of ether oxygens (including phenoxy) is 1. The topological polar surface area (TPSA) is 87.7 Å². The highest BCUT2D eigenvalue weighted by Gasteiger charge is 2.41. The maximum absolute atomic E-state index is 13.0. The number of hydrogen-bond acceptors (Lipinski definition) is 5. The molecule has 1 fully saturated rings. The Balaban J connectivity index is 2.16. The molecule has 0 aromatic heterocycles. The molecule has 0 spiro atoms. The predicted octanol–water partition coefficient (Wildman–Crippen LogP) is 2.32. The fourth-order valence-corrected chi connectivity index (χ4v) is 3.37. The van der Waals surface area contributed by atoms with E-state index in [4.69, 9.17) is 4.74 Å². The van der Waals surface area contributed by atoms with Gasteiger partial charge in [0.25, 0.3) is 0 Å². The van der Waals surface area contributed by atoms with E-state index in [0.717, 1.165) is 25.5 Å². The summed E-state index contributed by atoms with van der Waals surface area (Å²) in [5, 5.41) is 16.6. The van der Waals surface area contributed by atoms with E-state index in [1.807, 2.05) is 13.8 Å². The maximum Gasteiger partial charge on any atom is 0.240 e. The van der Waals surface area contributed by atoms with Crippen LogP contribution in [-0.4, -0.2) is 36.0 Å². The lowest BCUT2D eigenvalue weighted by Crippen LogP contribution is -2.61. The smallest absolute Gasteiger partial charge is 0.240 e. The Labute approximate surface area is 155 Å². The van der Waals surface area contributed by atoms with E-state index >= 15 is 0 Å². The third-order valence-electron chi connectivity index (χ3n) is 5.15. The first-order valence-corrected chi connectivity index (χ1v) is 9.28. The van der Waals surface area contributed by atoms with Gasteiger partial charge in [-0.1, -0.05) is 45.2 Å². The average Bonchev–Trinajstić information content (AvgIpc) is 2.66. The number of benzene rings is 1. The van der Waals surface area contributed by atoms with Gasteiger partial charge in [0.05, 0.1) is 13.2 Å². The monoisotopic (exact) mass is 362 g/mol. The van der Waals surface area contributed by atoms with Crippen LogP contribution in [0, 0.1) is 5.92 Å². The zero-order valence-electron chi connectivity index (χ0n) is 15.8. The molecule has 1 aliphatic carbocycles. The highest BCUT2D eigenvalue weighted by molar-refractivity contribution is 5.88. The molecule has 1 saturated carbocycles. The molecule has 2 atom stereocenters. The zero-order chi connectivity index (χ0) is 19.2. The molecule has 3 N–H and O–H groups in total. The quantitative estimate of drug-likeness (QED) is 0.488. The second-order valence-electron chi connectivity index (χ2n) is 7.34. The van der Waals surface area contributed by atoms with Gasteiger partial charge in [-0.05, 0) is 36.5 Å². The minimum absolute atomic E-state index is 0.0172. The van der Waals surface area contributed by atoms with Crippen molar-refractivity contribution in [3.8, 4) is 5.75 Å². The first-order chi connectivity index (χ1) is 12.4. The van der Waals surface area contributed by atoms with E-state index in [1.165, 1.54) is 0 Å². The lowest BCUT2D eigenvalue weighted by molar-refractivity contribution is -0.133. The first kappa shape index (κ1) is 20.4. The van der Waals surface area contributed by atoms with Gasteiger partial charge in [0, 0.05) is 0 Å². The summed E-state index contributed by atoms with van der Waals surface area (Å²) in [7, 11) is 1.59. The highest BCUT2D eigenvalue weighted by atomic mass is 16.5. The molecule has 2 rings (SSSR count). The Bertz CT molecular complexity index is 594. The zero-order valence-corrected chi connectivity index (χ0v) is 15.8. The van der Waals surface area contributed by atoms with Crippen LogP contribution < -0.4 is 15.4 Å². The standard InChI is InChI=1S/C20H30N2O4/c1-14(2)17(13-23)21-19(25)20(11-5-4-6-12-20)22-18(24)15-7-9-16(26-3)10-8-15/h7-10,13-14,17-18,22,24H,4-6,11-12H2,1-3H3,(H,21,25)/t17-,18?/m1/s1. The number of aliphatic hydroxyl groups excluding tert-OH is 1. The fraction of sp³-hybridized carbons (Fsp3) is 0.600. The molecule has 1 aromatic rings. The van der Waals surface area contributed by atoms with Crippen LogP contribution in [0.3, 0.4) is 0 Å². The molecule has 26 heavy (non-hydrogen) atoms. The normalized spacial score (nSPS) is 18.8. The Morgan fingerprint density at radius 2 is 1.81 bits per heavy atom. The molecule has 1 amide bonds. The van der Waals surface area contributed by atoms with Gasteiger partial charge in [-0.2, -0.15) is 0 Å². The van der Waals surface area contributed by atoms with Crippen molar-refractivity contribution in [3.05, 3.63) is 29.8 Å². The summed E-state index contributed by atoms with van der Waals surface area (Å²) in [5.74, 6) is 0.510. The van der Waals surface area contributed by atoms with Crippen LogP contribution in [0.4, 0.5) is 0 Å². The van der Waals surface area contributed by atoms with Crippen LogP contribution in [0.5, 0.6) is 5.75 Å². The van der Waals surface area contributed by atoms with Gasteiger partial charge >= 0.3 is 0 Å². The van der Waals surface area contributed by atoms with Crippen molar-refractivity contribution in [2.75, 3.05) is 7.11 Å². The van der Waals surface area contributed by atoms with Crippen LogP contribution in [0.2, 0.25) is 0 Å². The van der Waals surface area contributed by atoms with E-state index in [2.05, 4.69) is 10.6 Å². The van der Waals surface area contributed by atoms with Crippen LogP contribution in [0.1, 0.15) is 57.7 Å². The summed E-state index contributed by atoms with van der Waals surface area (Å²) >= 11 is 0. The predicted molar refractivity (Wildman–Crippen MR) is 99.7 cm³/mol. The number of hydrogen-bond donors (Lipinski definition) is 3. The van der Waals surface area contributed by atoms with Crippen molar-refractivity contribution in [2.24, 2.45) is 5.92 Å². The van der Waals surface area contributed by atoms with Gasteiger partial charge in [-0.15, -0.1) is 0 Å². The summed E-state index contributed by atoms with van der Waals surface area (Å²) in [6.45, 7) is 3.79. The summed E-state index contributed by atoms with van der Waals surface area (Å²) in [4.78, 5) is 24.3. The van der Waals surface area contributed by atoms with E-state index in [9.17, 15) is 14.7 Å². The summed E-state index contributed by atoms with van der Waals surface area (Å²) in [5.41, 5.74) is -0.201. The lowest BCUT2D eigenvalue weighted by Gasteiger charge is -2.39. The maximum atomic E-state index is 13.0. The van der Waals surface area contributed by atoms with Crippen molar-refractivity contribution >= 4 is 12.2 Å². The molecule has 1 aliphatic rings. The summed E-state index contributed by atoms with van der Waals surface area (Å²) in [6.07, 6.45) is 3.95. The molecule has 0 aliphatic heterocycles. The van der Waals surface area contributed by atoms with Crippen molar-refractivity contribution < 1.29 is 19.4 Å². The number of carbonyl (C=O) groups is 2. The number of methoxy groups -OCH3 is 1. The largest absolute Gasteiger partial charge is 0.497 e. The molecule has 1 aromatic carbocycles. The van der Waals surface area contributed by atoms with Gasteiger partial charge < -0.3 is 20.0 Å². The molecular weight excluding hydrogens is 332 g/mol. The van der Waals surface area contributed by atoms with Crippen molar-refractivity contribution in [3.63, 3.8) is 0 Å². The third kappa shape index (κ3) is 4.83. The number of amides is 1. The Kier molecular flexibility index (Phi) is 7.17. The first-order valence-electron chi connectivity index (χ1n) is 9.28. The van der Waals surface area contributed by atoms with Crippen LogP contribution in [0.15, 0.2) is 24.3 Å². The van der Waals surface area contributed by atoms with Gasteiger partial charge in [0.15, 0.2) is 0 Å². The van der Waals surface area contributed by atoms with Gasteiger partial charge in [0.2, 0.25) is 5.91 Å². The third-order valence-corrected chi connectivity index (χ3v) is 5.15. The molecular formula is C20H30N2O4. The van der Waals surface area contributed by atoms with Crippen molar-refractivity contribution in [1.29, 1.82) is 0 Å². The molecule has 6 heteroatoms. The van der Waals surface area contributed by atoms with E-state index < -0.39 is 17.8 Å². The summed E-state index contributed by atoms with van der Waals surface area (Å²) < 4.78 is 5.14. The molecule has 1 unspecified atom stereocenters. The van der Waals surface area contributed by atoms with Crippen molar-refractivity contribution in [2.45, 2.75) is 63.8 Å². The molecule has 144 valence electrons. The van der Waals surface area contributed by atoms with E-state index in [1.54, 1.807) is 31.4 Å². The van der Waals surface area contributed by atoms with Gasteiger partial charge in [0.1, 0.15) is 23.8 Å². The van der Waals surface area contributed by atoms with Crippen LogP contribution in [-0.2, 0) is 9.59 Å². The number of aldehydes is 1. The molecule has 0 radical (unpaired) electrons. The fourth-order valence-electron chi connectivity index (χ4n) is 3.37. The van der Waals surface area contributed by atoms with Crippen LogP contribution >= 0.6 is 0 Å². The van der Waals surface area contributed by atoms with E-state index in [0.29, 0.717) is 24.2 Å². The van der Waals surface area contributed by atoms with E-state index in [-0.39, 0.29) is 11.8 Å². The SMILES string of the molecule is COc1ccc(C(O)NC2(C(=O)N[C@H](C=O)C(C)C)CCCCC2)cc1. The average molecular weight is 362 g/mol. The molecule has 0 heterocycles. The number of nitrogens with one attached hydrogen (secondary N) is 2. The molecule has 0 saturated heterocycles. The second kappa shape index (κ2) is 9.14. The minimum atomic E-state index is -0.974. The lowest BCUT2D eigenvalue weighted by atomic mass is 9.80. The summed E-state index contributed by atoms with van der Waals surface area (Å²) in [6, 6.07) is 6.56. The molecule has 0 bridgehead atoms. The Morgan fingerprint density at radius 1 is 1.19 bits per heavy atom. The molecule has 6 nitrogen and oxygen atoms in total. The Hall–Kier alpha value is -1.92. The van der Waals surface area contributed by atoms with Gasteiger partial charge in [-0.25, -0.2) is 0 Å². The van der Waals surface area contributed by atoms with Crippen LogP contribution in [0.25, 0.3) is 0 Å².